The van der Waals surface area contributed by atoms with E-state index >= 15 is 0 Å². The molecule has 1 aliphatic heterocycles. The summed E-state index contributed by atoms with van der Waals surface area (Å²) in [6.45, 7) is 6.04. The van der Waals surface area contributed by atoms with Crippen LogP contribution >= 0.6 is 0 Å². The second-order valence-electron chi connectivity index (χ2n) is 7.29. The zero-order valence-electron chi connectivity index (χ0n) is 16.4. The number of amides is 1. The van der Waals surface area contributed by atoms with Crippen molar-refractivity contribution in [1.82, 2.24) is 9.80 Å². The van der Waals surface area contributed by atoms with Gasteiger partial charge >= 0.3 is 0 Å². The molecule has 27 heavy (non-hydrogen) atoms. The van der Waals surface area contributed by atoms with Gasteiger partial charge in [-0.25, -0.2) is 0 Å². The van der Waals surface area contributed by atoms with E-state index in [2.05, 4.69) is 29.2 Å². The third-order valence-electron chi connectivity index (χ3n) is 5.16. The summed E-state index contributed by atoms with van der Waals surface area (Å²) in [6.07, 6.45) is 2.04. The van der Waals surface area contributed by atoms with Gasteiger partial charge in [-0.15, -0.1) is 0 Å². The van der Waals surface area contributed by atoms with Gasteiger partial charge in [-0.2, -0.15) is 0 Å². The molecule has 0 aliphatic carbocycles. The Morgan fingerprint density at radius 3 is 2.67 bits per heavy atom. The Balaban J connectivity index is 1.59. The van der Waals surface area contributed by atoms with Crippen LogP contribution in [-0.4, -0.2) is 42.5 Å². The normalized spacial score (nSPS) is 17.5. The van der Waals surface area contributed by atoms with Crippen molar-refractivity contribution in [3.8, 4) is 5.75 Å². The predicted octanol–water partition coefficient (Wildman–Crippen LogP) is 3.96. The molecule has 0 bridgehead atoms. The van der Waals surface area contributed by atoms with Crippen LogP contribution in [0.15, 0.2) is 54.6 Å². The quantitative estimate of drug-likeness (QED) is 0.744. The molecular weight excluding hydrogens is 336 g/mol. The molecule has 1 saturated heterocycles. The van der Waals surface area contributed by atoms with Crippen LogP contribution in [-0.2, 0) is 17.9 Å². The number of likely N-dealkylation sites (tertiary alicyclic amines) is 1. The van der Waals surface area contributed by atoms with Gasteiger partial charge in [-0.05, 0) is 37.9 Å². The topological polar surface area (TPSA) is 32.8 Å². The molecule has 1 aliphatic rings. The second-order valence-corrected chi connectivity index (χ2v) is 7.29. The summed E-state index contributed by atoms with van der Waals surface area (Å²) < 4.78 is 5.76. The number of hydrogen-bond donors (Lipinski definition) is 0. The molecule has 0 spiro atoms. The predicted molar refractivity (Wildman–Crippen MR) is 109 cm³/mol. The van der Waals surface area contributed by atoms with E-state index in [1.165, 1.54) is 11.1 Å². The first-order valence-electron chi connectivity index (χ1n) is 9.89. The molecule has 0 unspecified atom stereocenters. The van der Waals surface area contributed by atoms with Gasteiger partial charge in [0.25, 0.3) is 0 Å². The molecule has 0 saturated carbocycles. The van der Waals surface area contributed by atoms with Gasteiger partial charge in [-0.1, -0.05) is 48.5 Å². The lowest BCUT2D eigenvalue weighted by Gasteiger charge is -2.34. The molecule has 144 valence electrons. The van der Waals surface area contributed by atoms with Crippen molar-refractivity contribution in [1.29, 1.82) is 0 Å². The lowest BCUT2D eigenvalue weighted by molar-refractivity contribution is -0.136. The van der Waals surface area contributed by atoms with Crippen molar-refractivity contribution < 1.29 is 9.53 Å². The van der Waals surface area contributed by atoms with Crippen LogP contribution < -0.4 is 4.74 Å². The highest BCUT2D eigenvalue weighted by Gasteiger charge is 2.28. The van der Waals surface area contributed by atoms with E-state index in [0.717, 1.165) is 38.2 Å². The molecule has 4 nitrogen and oxygen atoms in total. The fraction of sp³-hybridized carbons (Fsp3) is 0.435. The Hall–Kier alpha value is -2.33. The Morgan fingerprint density at radius 2 is 1.89 bits per heavy atom. The van der Waals surface area contributed by atoms with Crippen molar-refractivity contribution in [2.45, 2.75) is 32.9 Å². The van der Waals surface area contributed by atoms with Crippen LogP contribution in [0, 0.1) is 5.92 Å². The fourth-order valence-corrected chi connectivity index (χ4v) is 3.82. The smallest absolute Gasteiger partial charge is 0.227 e. The highest BCUT2D eigenvalue weighted by atomic mass is 16.5. The van der Waals surface area contributed by atoms with Crippen molar-refractivity contribution in [3.63, 3.8) is 0 Å². The summed E-state index contributed by atoms with van der Waals surface area (Å²) in [6, 6.07) is 18.4. The largest absolute Gasteiger partial charge is 0.494 e. The summed E-state index contributed by atoms with van der Waals surface area (Å²) in [7, 11) is 1.92. The van der Waals surface area contributed by atoms with E-state index in [0.29, 0.717) is 13.2 Å². The number of benzene rings is 2. The minimum absolute atomic E-state index is 0.0757. The molecule has 0 aromatic heterocycles. The molecule has 2 aromatic rings. The molecule has 1 heterocycles. The Bertz CT molecular complexity index is 732. The number of carbonyl (C=O) groups is 1. The average molecular weight is 367 g/mol. The molecule has 1 atom stereocenters. The molecule has 4 heteroatoms. The van der Waals surface area contributed by atoms with Crippen molar-refractivity contribution in [2.24, 2.45) is 5.92 Å². The molecule has 3 rings (SSSR count). The number of hydrogen-bond acceptors (Lipinski definition) is 3. The minimum atomic E-state index is 0.0757. The molecule has 1 fully saturated rings. The number of rotatable bonds is 7. The van der Waals surface area contributed by atoms with E-state index in [-0.39, 0.29) is 11.8 Å². The number of carbonyl (C=O) groups excluding carboxylic acids is 1. The van der Waals surface area contributed by atoms with Gasteiger partial charge in [0.05, 0.1) is 12.5 Å². The van der Waals surface area contributed by atoms with Crippen molar-refractivity contribution in [2.75, 3.05) is 26.7 Å². The fourth-order valence-electron chi connectivity index (χ4n) is 3.82. The first-order valence-corrected chi connectivity index (χ1v) is 9.89. The first kappa shape index (κ1) is 19.4. The lowest BCUT2D eigenvalue weighted by Crippen LogP contribution is -2.43. The van der Waals surface area contributed by atoms with E-state index in [1.54, 1.807) is 0 Å². The molecule has 1 amide bonds. The second kappa shape index (κ2) is 9.56. The summed E-state index contributed by atoms with van der Waals surface area (Å²) >= 11 is 0. The van der Waals surface area contributed by atoms with Gasteiger partial charge in [0, 0.05) is 32.2 Å². The van der Waals surface area contributed by atoms with Gasteiger partial charge in [0.1, 0.15) is 5.75 Å². The maximum absolute atomic E-state index is 12.9. The third kappa shape index (κ3) is 5.33. The Morgan fingerprint density at radius 1 is 1.15 bits per heavy atom. The van der Waals surface area contributed by atoms with Crippen LogP contribution in [0.1, 0.15) is 30.9 Å². The van der Waals surface area contributed by atoms with Gasteiger partial charge in [0.2, 0.25) is 5.91 Å². The maximum atomic E-state index is 12.9. The lowest BCUT2D eigenvalue weighted by atomic mass is 9.96. The summed E-state index contributed by atoms with van der Waals surface area (Å²) in [4.78, 5) is 17.2. The standard InChI is InChI=1S/C23H30N2O2/c1-3-27-22-14-8-7-12-20(22)17-25-15-9-13-21(18-25)23(26)24(2)16-19-10-5-4-6-11-19/h4-8,10-12,14,21H,3,9,13,15-18H2,1-2H3/t21-/m1/s1. The van der Waals surface area contributed by atoms with E-state index in [9.17, 15) is 4.79 Å². The number of ether oxygens (including phenoxy) is 1. The maximum Gasteiger partial charge on any atom is 0.227 e. The highest BCUT2D eigenvalue weighted by molar-refractivity contribution is 5.79. The van der Waals surface area contributed by atoms with Crippen LogP contribution in [0.3, 0.4) is 0 Å². The van der Waals surface area contributed by atoms with Crippen molar-refractivity contribution >= 4 is 5.91 Å². The number of para-hydroxylation sites is 1. The first-order chi connectivity index (χ1) is 13.2. The highest BCUT2D eigenvalue weighted by Crippen LogP contribution is 2.24. The monoisotopic (exact) mass is 366 g/mol. The summed E-state index contributed by atoms with van der Waals surface area (Å²) in [5.41, 5.74) is 2.37. The van der Waals surface area contributed by atoms with E-state index < -0.39 is 0 Å². The van der Waals surface area contributed by atoms with Gasteiger partial charge in [-0.3, -0.25) is 9.69 Å². The van der Waals surface area contributed by atoms with Crippen molar-refractivity contribution in [3.05, 3.63) is 65.7 Å². The van der Waals surface area contributed by atoms with Gasteiger partial charge < -0.3 is 9.64 Å². The SMILES string of the molecule is CCOc1ccccc1CN1CCC[C@@H](C(=O)N(C)Cc2ccccc2)C1. The van der Waals surface area contributed by atoms with E-state index in [4.69, 9.17) is 4.74 Å². The summed E-state index contributed by atoms with van der Waals surface area (Å²) in [5.74, 6) is 1.28. The van der Waals surface area contributed by atoms with Crippen LogP contribution in [0.4, 0.5) is 0 Å². The van der Waals surface area contributed by atoms with Gasteiger partial charge in [0.15, 0.2) is 0 Å². The minimum Gasteiger partial charge on any atom is -0.494 e. The third-order valence-corrected chi connectivity index (χ3v) is 5.16. The Labute approximate surface area is 162 Å². The summed E-state index contributed by atoms with van der Waals surface area (Å²) in [5, 5.41) is 0. The zero-order valence-corrected chi connectivity index (χ0v) is 16.4. The van der Waals surface area contributed by atoms with E-state index in [1.807, 2.05) is 49.2 Å². The number of piperidine rings is 1. The molecular formula is C23H30N2O2. The number of nitrogens with zero attached hydrogens (tertiary/aromatic N) is 2. The van der Waals surface area contributed by atoms with Crippen LogP contribution in [0.5, 0.6) is 5.75 Å². The molecule has 2 aromatic carbocycles. The van der Waals surface area contributed by atoms with Crippen LogP contribution in [0.2, 0.25) is 0 Å². The Kier molecular flexibility index (Phi) is 6.88. The molecule has 0 radical (unpaired) electrons. The molecule has 0 N–H and O–H groups in total. The zero-order chi connectivity index (χ0) is 19.1. The van der Waals surface area contributed by atoms with Crippen LogP contribution in [0.25, 0.3) is 0 Å². The average Bonchev–Trinajstić information content (AvgIpc) is 2.70.